The number of ether oxygens (including phenoxy) is 1. The smallest absolute Gasteiger partial charge is 0.417 e. The third-order valence-electron chi connectivity index (χ3n) is 3.44. The van der Waals surface area contributed by atoms with Gasteiger partial charge in [0.05, 0.1) is 6.61 Å². The Morgan fingerprint density at radius 3 is 2.28 bits per heavy atom. The molecule has 8 nitrogen and oxygen atoms in total. The minimum absolute atomic E-state index is 0.0413. The number of nitrogens with zero attached hydrogens (tertiary/aromatic N) is 1. The van der Waals surface area contributed by atoms with Crippen molar-refractivity contribution in [1.82, 2.24) is 4.90 Å². The van der Waals surface area contributed by atoms with Crippen molar-refractivity contribution in [2.45, 2.75) is 39.0 Å². The molecular formula is C17H24N2O6. The number of aliphatic hydroxyl groups excluding tert-OH is 1. The van der Waals surface area contributed by atoms with Gasteiger partial charge in [0.1, 0.15) is 18.7 Å². The first kappa shape index (κ1) is 20.6. The maximum Gasteiger partial charge on any atom is 0.417 e. The van der Waals surface area contributed by atoms with Crippen LogP contribution in [0, 0.1) is 5.92 Å². The molecule has 0 aliphatic rings. The average Bonchev–Trinajstić information content (AvgIpc) is 2.58. The Morgan fingerprint density at radius 2 is 1.80 bits per heavy atom. The van der Waals surface area contributed by atoms with E-state index in [1.807, 2.05) is 0 Å². The van der Waals surface area contributed by atoms with Crippen molar-refractivity contribution in [1.29, 1.82) is 0 Å². The van der Waals surface area contributed by atoms with Gasteiger partial charge in [-0.2, -0.15) is 0 Å². The quantitative estimate of drug-likeness (QED) is 0.635. The summed E-state index contributed by atoms with van der Waals surface area (Å²) in [6.45, 7) is 2.70. The van der Waals surface area contributed by atoms with Gasteiger partial charge >= 0.3 is 12.1 Å². The summed E-state index contributed by atoms with van der Waals surface area (Å²) < 4.78 is 5.08. The van der Waals surface area contributed by atoms with E-state index in [0.717, 1.165) is 0 Å². The zero-order valence-corrected chi connectivity index (χ0v) is 14.3. The maximum atomic E-state index is 12.4. The number of hydrogen-bond acceptors (Lipinski definition) is 6. The van der Waals surface area contributed by atoms with Crippen molar-refractivity contribution in [3.63, 3.8) is 0 Å². The Balaban J connectivity index is 3.00. The highest BCUT2D eigenvalue weighted by Gasteiger charge is 2.38. The number of aliphatic carboxylic acids is 1. The van der Waals surface area contributed by atoms with Crippen LogP contribution in [0.25, 0.3) is 0 Å². The van der Waals surface area contributed by atoms with Gasteiger partial charge in [0.2, 0.25) is 0 Å². The first-order valence-corrected chi connectivity index (χ1v) is 7.90. The number of rotatable bonds is 8. The largest absolute Gasteiger partial charge is 0.480 e. The predicted molar refractivity (Wildman–Crippen MR) is 89.4 cm³/mol. The van der Waals surface area contributed by atoms with Gasteiger partial charge in [-0.05, 0) is 17.9 Å². The summed E-state index contributed by atoms with van der Waals surface area (Å²) in [5.41, 5.74) is 6.17. The molecule has 0 aromatic heterocycles. The van der Waals surface area contributed by atoms with Crippen LogP contribution >= 0.6 is 0 Å². The zero-order valence-electron chi connectivity index (χ0n) is 14.3. The van der Waals surface area contributed by atoms with E-state index in [9.17, 15) is 19.5 Å². The number of amides is 2. The minimum Gasteiger partial charge on any atom is -0.480 e. The summed E-state index contributed by atoms with van der Waals surface area (Å²) in [7, 11) is 0. The summed E-state index contributed by atoms with van der Waals surface area (Å²) in [5.74, 6) is -2.43. The van der Waals surface area contributed by atoms with E-state index in [4.69, 9.17) is 15.6 Å². The van der Waals surface area contributed by atoms with Crippen LogP contribution in [0.1, 0.15) is 25.8 Å². The Labute approximate surface area is 146 Å². The fourth-order valence-electron chi connectivity index (χ4n) is 2.18. The molecular weight excluding hydrogens is 328 g/mol. The molecule has 0 spiro atoms. The topological polar surface area (TPSA) is 130 Å². The number of benzene rings is 1. The number of imide groups is 1. The SMILES string of the molecule is CC(C)CC(C(=O)O)N(C(=O)OCc1ccccc1)C(=O)C(N)CO. The number of carbonyl (C=O) groups is 3. The van der Waals surface area contributed by atoms with Gasteiger partial charge in [0, 0.05) is 0 Å². The minimum atomic E-state index is -1.42. The highest BCUT2D eigenvalue weighted by Crippen LogP contribution is 2.16. The first-order valence-electron chi connectivity index (χ1n) is 7.90. The third-order valence-corrected chi connectivity index (χ3v) is 3.44. The van der Waals surface area contributed by atoms with Crippen molar-refractivity contribution in [3.05, 3.63) is 35.9 Å². The van der Waals surface area contributed by atoms with Crippen LogP contribution in [0.2, 0.25) is 0 Å². The van der Waals surface area contributed by atoms with Gasteiger partial charge in [0.25, 0.3) is 5.91 Å². The predicted octanol–water partition coefficient (Wildman–Crippen LogP) is 0.971. The van der Waals surface area contributed by atoms with Crippen LogP contribution in [0.15, 0.2) is 30.3 Å². The van der Waals surface area contributed by atoms with Crippen molar-refractivity contribution in [3.8, 4) is 0 Å². The van der Waals surface area contributed by atoms with Crippen LogP contribution in [0.4, 0.5) is 4.79 Å². The van der Waals surface area contributed by atoms with E-state index in [-0.39, 0.29) is 18.9 Å². The lowest BCUT2D eigenvalue weighted by Gasteiger charge is -2.29. The standard InChI is InChI=1S/C17H24N2O6/c1-11(2)8-14(16(22)23)19(15(21)13(18)9-20)17(24)25-10-12-6-4-3-5-7-12/h3-7,11,13-14,20H,8-10,18H2,1-2H3,(H,22,23). The van der Waals surface area contributed by atoms with Gasteiger partial charge in [-0.15, -0.1) is 0 Å². The van der Waals surface area contributed by atoms with E-state index >= 15 is 0 Å². The molecule has 0 fully saturated rings. The van der Waals surface area contributed by atoms with Gasteiger partial charge in [0.15, 0.2) is 0 Å². The van der Waals surface area contributed by atoms with Crippen molar-refractivity contribution in [2.75, 3.05) is 6.61 Å². The van der Waals surface area contributed by atoms with E-state index in [1.165, 1.54) is 0 Å². The molecule has 1 aromatic rings. The molecule has 4 N–H and O–H groups in total. The van der Waals surface area contributed by atoms with Crippen molar-refractivity contribution in [2.24, 2.45) is 11.7 Å². The highest BCUT2D eigenvalue weighted by molar-refractivity contribution is 5.98. The number of carbonyl (C=O) groups excluding carboxylic acids is 2. The average molecular weight is 352 g/mol. The summed E-state index contributed by atoms with van der Waals surface area (Å²) in [6, 6.07) is 5.93. The van der Waals surface area contributed by atoms with Crippen LogP contribution < -0.4 is 5.73 Å². The molecule has 25 heavy (non-hydrogen) atoms. The number of nitrogens with two attached hydrogens (primary N) is 1. The molecule has 1 rings (SSSR count). The van der Waals surface area contributed by atoms with Crippen LogP contribution in [-0.4, -0.2) is 51.8 Å². The second-order valence-corrected chi connectivity index (χ2v) is 6.02. The molecule has 0 aliphatic heterocycles. The van der Waals surface area contributed by atoms with Gasteiger partial charge < -0.3 is 20.7 Å². The van der Waals surface area contributed by atoms with E-state index in [1.54, 1.807) is 44.2 Å². The van der Waals surface area contributed by atoms with Crippen molar-refractivity contribution < 1.29 is 29.3 Å². The third kappa shape index (κ3) is 6.17. The second-order valence-electron chi connectivity index (χ2n) is 6.02. The number of carboxylic acids is 1. The summed E-state index contributed by atoms with van der Waals surface area (Å²) in [4.78, 5) is 36.8. The van der Waals surface area contributed by atoms with Crippen LogP contribution in [-0.2, 0) is 20.9 Å². The molecule has 138 valence electrons. The van der Waals surface area contributed by atoms with Crippen LogP contribution in [0.5, 0.6) is 0 Å². The summed E-state index contributed by atoms with van der Waals surface area (Å²) in [6.07, 6.45) is -1.06. The summed E-state index contributed by atoms with van der Waals surface area (Å²) in [5, 5.41) is 18.5. The Kier molecular flexibility index (Phi) is 8.03. The van der Waals surface area contributed by atoms with Crippen LogP contribution in [0.3, 0.4) is 0 Å². The zero-order chi connectivity index (χ0) is 19.0. The van der Waals surface area contributed by atoms with Gasteiger partial charge in [-0.3, -0.25) is 4.79 Å². The van der Waals surface area contributed by atoms with Gasteiger partial charge in [-0.1, -0.05) is 44.2 Å². The second kappa shape index (κ2) is 9.75. The molecule has 0 bridgehead atoms. The summed E-state index contributed by atoms with van der Waals surface area (Å²) >= 11 is 0. The van der Waals surface area contributed by atoms with Gasteiger partial charge in [-0.25, -0.2) is 14.5 Å². The number of aliphatic hydroxyl groups is 1. The fourth-order valence-corrected chi connectivity index (χ4v) is 2.18. The molecule has 0 saturated carbocycles. The van der Waals surface area contributed by atoms with E-state index < -0.39 is 36.7 Å². The highest BCUT2D eigenvalue weighted by atomic mass is 16.6. The molecule has 1 aromatic carbocycles. The molecule has 2 unspecified atom stereocenters. The maximum absolute atomic E-state index is 12.4. The fraction of sp³-hybridized carbons (Fsp3) is 0.471. The molecule has 2 amide bonds. The molecule has 2 atom stereocenters. The Bertz CT molecular complexity index is 590. The number of carboxylic acid groups (broad SMARTS) is 1. The lowest BCUT2D eigenvalue weighted by molar-refractivity contribution is -0.150. The molecule has 0 heterocycles. The first-order chi connectivity index (χ1) is 11.8. The van der Waals surface area contributed by atoms with Crippen molar-refractivity contribution >= 4 is 18.0 Å². The Hall–Kier alpha value is -2.45. The molecule has 8 heteroatoms. The monoisotopic (exact) mass is 352 g/mol. The van der Waals surface area contributed by atoms with E-state index in [2.05, 4.69) is 0 Å². The normalized spacial score (nSPS) is 13.2. The lowest BCUT2D eigenvalue weighted by atomic mass is 10.0. The van der Waals surface area contributed by atoms with E-state index in [0.29, 0.717) is 10.5 Å². The molecule has 0 radical (unpaired) electrons. The number of hydrogen-bond donors (Lipinski definition) is 3. The Morgan fingerprint density at radius 1 is 1.20 bits per heavy atom. The lowest BCUT2D eigenvalue weighted by Crippen LogP contribution is -2.55. The molecule has 0 aliphatic carbocycles. The molecule has 0 saturated heterocycles.